The van der Waals surface area contributed by atoms with E-state index in [2.05, 4.69) is 19.2 Å². The van der Waals surface area contributed by atoms with Crippen molar-refractivity contribution in [2.24, 2.45) is 5.73 Å². The van der Waals surface area contributed by atoms with Crippen LogP contribution in [0.25, 0.3) is 0 Å². The minimum absolute atomic E-state index is 0.271. The van der Waals surface area contributed by atoms with Gasteiger partial charge < -0.3 is 15.8 Å². The van der Waals surface area contributed by atoms with Crippen molar-refractivity contribution < 1.29 is 14.3 Å². The SMILES string of the molecule is CC(C)c1cccc(NC(=O)c2ccccc2OCC(N)=O)c1. The average molecular weight is 312 g/mol. The minimum atomic E-state index is -0.593. The molecule has 2 rings (SSSR count). The second-order valence-electron chi connectivity index (χ2n) is 5.49. The molecule has 0 unspecified atom stereocenters. The van der Waals surface area contributed by atoms with E-state index in [-0.39, 0.29) is 12.5 Å². The van der Waals surface area contributed by atoms with Gasteiger partial charge in [-0.2, -0.15) is 0 Å². The standard InChI is InChI=1S/C18H20N2O3/c1-12(2)13-6-5-7-14(10-13)20-18(22)15-8-3-4-9-16(15)23-11-17(19)21/h3-10,12H,11H2,1-2H3,(H2,19,21)(H,20,22). The highest BCUT2D eigenvalue weighted by Crippen LogP contribution is 2.22. The summed E-state index contributed by atoms with van der Waals surface area (Å²) in [5.41, 5.74) is 7.27. The normalized spacial score (nSPS) is 10.4. The molecule has 5 nitrogen and oxygen atoms in total. The number of carbonyl (C=O) groups is 2. The molecule has 0 radical (unpaired) electrons. The Kier molecular flexibility index (Phi) is 5.36. The molecular formula is C18H20N2O3. The zero-order chi connectivity index (χ0) is 16.8. The first-order valence-electron chi connectivity index (χ1n) is 7.39. The molecule has 0 atom stereocenters. The Morgan fingerprint density at radius 1 is 1.13 bits per heavy atom. The molecule has 120 valence electrons. The third-order valence-corrected chi connectivity index (χ3v) is 3.31. The van der Waals surface area contributed by atoms with Crippen molar-refractivity contribution in [1.29, 1.82) is 0 Å². The van der Waals surface area contributed by atoms with Crippen LogP contribution in [0, 0.1) is 0 Å². The molecule has 23 heavy (non-hydrogen) atoms. The first-order valence-corrected chi connectivity index (χ1v) is 7.39. The minimum Gasteiger partial charge on any atom is -0.483 e. The summed E-state index contributed by atoms with van der Waals surface area (Å²) >= 11 is 0. The Labute approximate surface area is 135 Å². The van der Waals surface area contributed by atoms with Crippen molar-refractivity contribution in [2.75, 3.05) is 11.9 Å². The Bertz CT molecular complexity index is 711. The van der Waals surface area contributed by atoms with Crippen molar-refractivity contribution in [3.8, 4) is 5.75 Å². The van der Waals surface area contributed by atoms with E-state index in [4.69, 9.17) is 10.5 Å². The predicted molar refractivity (Wildman–Crippen MR) is 89.6 cm³/mol. The molecule has 0 aromatic heterocycles. The number of primary amides is 1. The third kappa shape index (κ3) is 4.57. The molecule has 3 N–H and O–H groups in total. The monoisotopic (exact) mass is 312 g/mol. The lowest BCUT2D eigenvalue weighted by atomic mass is 10.0. The molecule has 0 saturated carbocycles. The van der Waals surface area contributed by atoms with Crippen LogP contribution < -0.4 is 15.8 Å². The molecule has 0 saturated heterocycles. The quantitative estimate of drug-likeness (QED) is 0.860. The van der Waals surface area contributed by atoms with E-state index in [9.17, 15) is 9.59 Å². The largest absolute Gasteiger partial charge is 0.483 e. The smallest absolute Gasteiger partial charge is 0.259 e. The zero-order valence-corrected chi connectivity index (χ0v) is 13.2. The topological polar surface area (TPSA) is 81.4 Å². The van der Waals surface area contributed by atoms with Crippen LogP contribution in [0.1, 0.15) is 35.7 Å². The maximum Gasteiger partial charge on any atom is 0.259 e. The fourth-order valence-electron chi connectivity index (χ4n) is 2.10. The number of benzene rings is 2. The highest BCUT2D eigenvalue weighted by Gasteiger charge is 2.13. The number of hydrogen-bond donors (Lipinski definition) is 2. The molecule has 5 heteroatoms. The van der Waals surface area contributed by atoms with Crippen molar-refractivity contribution in [1.82, 2.24) is 0 Å². The Morgan fingerprint density at radius 2 is 1.87 bits per heavy atom. The van der Waals surface area contributed by atoms with E-state index in [0.717, 1.165) is 5.56 Å². The maximum atomic E-state index is 12.5. The number of nitrogens with one attached hydrogen (secondary N) is 1. The van der Waals surface area contributed by atoms with Gasteiger partial charge >= 0.3 is 0 Å². The van der Waals surface area contributed by atoms with E-state index < -0.39 is 5.91 Å². The van der Waals surface area contributed by atoms with Gasteiger partial charge in [0.1, 0.15) is 5.75 Å². The third-order valence-electron chi connectivity index (χ3n) is 3.31. The lowest BCUT2D eigenvalue weighted by Gasteiger charge is -2.12. The molecule has 0 aliphatic carbocycles. The van der Waals surface area contributed by atoms with E-state index >= 15 is 0 Å². The number of ether oxygens (including phenoxy) is 1. The van der Waals surface area contributed by atoms with Crippen LogP contribution in [-0.2, 0) is 4.79 Å². The van der Waals surface area contributed by atoms with Crippen molar-refractivity contribution >= 4 is 17.5 Å². The van der Waals surface area contributed by atoms with Gasteiger partial charge in [-0.15, -0.1) is 0 Å². The Morgan fingerprint density at radius 3 is 2.57 bits per heavy atom. The van der Waals surface area contributed by atoms with Gasteiger partial charge in [-0.05, 0) is 35.7 Å². The van der Waals surface area contributed by atoms with Gasteiger partial charge in [-0.1, -0.05) is 38.1 Å². The van der Waals surface area contributed by atoms with Crippen LogP contribution in [0.15, 0.2) is 48.5 Å². The molecule has 0 spiro atoms. The first-order chi connectivity index (χ1) is 11.0. The summed E-state index contributed by atoms with van der Waals surface area (Å²) < 4.78 is 5.28. The number of hydrogen-bond acceptors (Lipinski definition) is 3. The van der Waals surface area contributed by atoms with Gasteiger partial charge in [0.2, 0.25) is 0 Å². The Hall–Kier alpha value is -2.82. The van der Waals surface area contributed by atoms with Crippen LogP contribution in [0.2, 0.25) is 0 Å². The van der Waals surface area contributed by atoms with Gasteiger partial charge in [-0.25, -0.2) is 0 Å². The van der Waals surface area contributed by atoms with Crippen LogP contribution in [0.4, 0.5) is 5.69 Å². The van der Waals surface area contributed by atoms with Crippen molar-refractivity contribution in [2.45, 2.75) is 19.8 Å². The van der Waals surface area contributed by atoms with Gasteiger partial charge in [-0.3, -0.25) is 9.59 Å². The summed E-state index contributed by atoms with van der Waals surface area (Å²) in [5, 5.41) is 2.85. The molecular weight excluding hydrogens is 292 g/mol. The highest BCUT2D eigenvalue weighted by atomic mass is 16.5. The lowest BCUT2D eigenvalue weighted by Crippen LogP contribution is -2.21. The fraction of sp³-hybridized carbons (Fsp3) is 0.222. The van der Waals surface area contributed by atoms with E-state index in [1.807, 2.05) is 24.3 Å². The van der Waals surface area contributed by atoms with Crippen molar-refractivity contribution in [3.63, 3.8) is 0 Å². The van der Waals surface area contributed by atoms with Gasteiger partial charge in [0.15, 0.2) is 6.61 Å². The van der Waals surface area contributed by atoms with Crippen molar-refractivity contribution in [3.05, 3.63) is 59.7 Å². The van der Waals surface area contributed by atoms with E-state index in [1.165, 1.54) is 0 Å². The summed E-state index contributed by atoms with van der Waals surface area (Å²) in [6, 6.07) is 14.4. The van der Waals surface area contributed by atoms with E-state index in [1.54, 1.807) is 24.3 Å². The van der Waals surface area contributed by atoms with Crippen LogP contribution in [-0.4, -0.2) is 18.4 Å². The lowest BCUT2D eigenvalue weighted by molar-refractivity contribution is -0.119. The zero-order valence-electron chi connectivity index (χ0n) is 13.2. The number of rotatable bonds is 6. The molecule has 0 aliphatic heterocycles. The summed E-state index contributed by atoms with van der Waals surface area (Å²) in [6.45, 7) is 3.91. The maximum absolute atomic E-state index is 12.5. The molecule has 2 aromatic rings. The molecule has 2 aromatic carbocycles. The van der Waals surface area contributed by atoms with Gasteiger partial charge in [0.05, 0.1) is 5.56 Å². The molecule has 0 heterocycles. The number of nitrogens with two attached hydrogens (primary N) is 1. The number of amides is 2. The summed E-state index contributed by atoms with van der Waals surface area (Å²) in [4.78, 5) is 23.3. The molecule has 2 amide bonds. The molecule has 0 bridgehead atoms. The average Bonchev–Trinajstić information content (AvgIpc) is 2.53. The fourth-order valence-corrected chi connectivity index (χ4v) is 2.10. The van der Waals surface area contributed by atoms with Crippen LogP contribution in [0.5, 0.6) is 5.75 Å². The second kappa shape index (κ2) is 7.45. The molecule has 0 fully saturated rings. The predicted octanol–water partition coefficient (Wildman–Crippen LogP) is 2.93. The first kappa shape index (κ1) is 16.5. The van der Waals surface area contributed by atoms with Gasteiger partial charge in [0.25, 0.3) is 11.8 Å². The summed E-state index contributed by atoms with van der Waals surface area (Å²) in [6.07, 6.45) is 0. The highest BCUT2D eigenvalue weighted by molar-refractivity contribution is 6.06. The van der Waals surface area contributed by atoms with Crippen LogP contribution >= 0.6 is 0 Å². The van der Waals surface area contributed by atoms with Gasteiger partial charge in [0, 0.05) is 5.69 Å². The summed E-state index contributed by atoms with van der Waals surface area (Å²) in [5.74, 6) is -0.197. The summed E-state index contributed by atoms with van der Waals surface area (Å²) in [7, 11) is 0. The number of carbonyl (C=O) groups excluding carboxylic acids is 2. The number of para-hydroxylation sites is 1. The molecule has 0 aliphatic rings. The number of anilines is 1. The van der Waals surface area contributed by atoms with Crippen LogP contribution in [0.3, 0.4) is 0 Å². The second-order valence-corrected chi connectivity index (χ2v) is 5.49. The van der Waals surface area contributed by atoms with E-state index in [0.29, 0.717) is 22.9 Å². The Balaban J connectivity index is 2.17.